The summed E-state index contributed by atoms with van der Waals surface area (Å²) in [6, 6.07) is 12.8. The highest BCUT2D eigenvalue weighted by atomic mass is 16.2. The Morgan fingerprint density at radius 3 is 2.81 bits per heavy atom. The number of aryl methyl sites for hydroxylation is 1. The van der Waals surface area contributed by atoms with Gasteiger partial charge in [-0.3, -0.25) is 9.89 Å². The minimum Gasteiger partial charge on any atom is -0.305 e. The Balaban J connectivity index is 1.53. The molecule has 3 heterocycles. The van der Waals surface area contributed by atoms with Gasteiger partial charge in [0.05, 0.1) is 11.9 Å². The molecule has 2 N–H and O–H groups in total. The van der Waals surface area contributed by atoms with Gasteiger partial charge in [0.2, 0.25) is 0 Å². The lowest BCUT2D eigenvalue weighted by Gasteiger charge is -2.03. The van der Waals surface area contributed by atoms with Crippen LogP contribution in [0.2, 0.25) is 0 Å². The fraction of sp³-hybridized carbons (Fsp3) is 0.0588. The number of carbonyl (C=O) groups is 1. The lowest BCUT2D eigenvalue weighted by atomic mass is 10.2. The molecule has 0 fully saturated rings. The standard InChI is InChI=1S/C17H14N8O/c1-11-20-16(23-22-11)12-7-8-18-15(9-12)21-17(26)14-10-19-25(24-14)13-5-3-2-4-6-13/h2-10H,1H3,(H,18,21,26)(H,20,22,23). The highest BCUT2D eigenvalue weighted by molar-refractivity contribution is 6.02. The number of nitrogens with one attached hydrogen (secondary N) is 2. The van der Waals surface area contributed by atoms with E-state index in [1.165, 1.54) is 11.0 Å². The summed E-state index contributed by atoms with van der Waals surface area (Å²) in [5.41, 5.74) is 1.70. The van der Waals surface area contributed by atoms with Crippen LogP contribution in [-0.2, 0) is 0 Å². The molecular weight excluding hydrogens is 332 g/mol. The molecule has 128 valence electrons. The van der Waals surface area contributed by atoms with Gasteiger partial charge in [0.15, 0.2) is 11.5 Å². The number of aromatic nitrogens is 7. The summed E-state index contributed by atoms with van der Waals surface area (Å²) in [6.07, 6.45) is 2.99. The van der Waals surface area contributed by atoms with Crippen molar-refractivity contribution in [2.24, 2.45) is 0 Å². The van der Waals surface area contributed by atoms with Crippen LogP contribution in [0.15, 0.2) is 54.9 Å². The Morgan fingerprint density at radius 2 is 2.04 bits per heavy atom. The zero-order valence-electron chi connectivity index (χ0n) is 13.8. The second-order valence-electron chi connectivity index (χ2n) is 5.48. The number of anilines is 1. The third kappa shape index (κ3) is 3.18. The minimum absolute atomic E-state index is 0.190. The molecule has 1 amide bonds. The Hall–Kier alpha value is -3.88. The van der Waals surface area contributed by atoms with Gasteiger partial charge in [0, 0.05) is 11.8 Å². The molecule has 0 aliphatic carbocycles. The van der Waals surface area contributed by atoms with Crippen LogP contribution in [0.25, 0.3) is 17.1 Å². The molecule has 4 aromatic rings. The van der Waals surface area contributed by atoms with Crippen LogP contribution in [0.1, 0.15) is 16.3 Å². The number of pyridine rings is 1. The smallest absolute Gasteiger partial charge is 0.279 e. The van der Waals surface area contributed by atoms with Gasteiger partial charge in [-0.05, 0) is 31.2 Å². The summed E-state index contributed by atoms with van der Waals surface area (Å²) in [5, 5.41) is 17.9. The highest BCUT2D eigenvalue weighted by Gasteiger charge is 2.13. The molecule has 4 rings (SSSR count). The Labute approximate surface area is 148 Å². The van der Waals surface area contributed by atoms with Crippen molar-refractivity contribution in [1.82, 2.24) is 35.2 Å². The van der Waals surface area contributed by atoms with Crippen LogP contribution in [-0.4, -0.2) is 41.1 Å². The summed E-state index contributed by atoms with van der Waals surface area (Å²) in [7, 11) is 0. The molecule has 0 spiro atoms. The molecule has 0 atom stereocenters. The van der Waals surface area contributed by atoms with E-state index in [1.54, 1.807) is 18.3 Å². The van der Waals surface area contributed by atoms with Crippen LogP contribution in [0.3, 0.4) is 0 Å². The number of amides is 1. The second kappa shape index (κ2) is 6.55. The van der Waals surface area contributed by atoms with E-state index in [4.69, 9.17) is 0 Å². The highest BCUT2D eigenvalue weighted by Crippen LogP contribution is 2.17. The molecule has 9 nitrogen and oxygen atoms in total. The molecule has 26 heavy (non-hydrogen) atoms. The molecule has 0 aliphatic heterocycles. The van der Waals surface area contributed by atoms with Crippen molar-refractivity contribution in [2.45, 2.75) is 6.92 Å². The number of carbonyl (C=O) groups excluding carboxylic acids is 1. The maximum Gasteiger partial charge on any atom is 0.279 e. The minimum atomic E-state index is -0.400. The fourth-order valence-electron chi connectivity index (χ4n) is 2.34. The SMILES string of the molecule is Cc1nc(-c2ccnc(NC(=O)c3cnn(-c4ccccc4)n3)c2)n[nH]1. The van der Waals surface area contributed by atoms with Gasteiger partial charge in [-0.15, -0.1) is 5.10 Å². The average Bonchev–Trinajstić information content (AvgIpc) is 3.32. The van der Waals surface area contributed by atoms with E-state index < -0.39 is 5.91 Å². The number of nitrogens with zero attached hydrogens (tertiary/aromatic N) is 6. The third-order valence-corrected chi connectivity index (χ3v) is 3.57. The van der Waals surface area contributed by atoms with Gasteiger partial charge in [0.1, 0.15) is 11.6 Å². The predicted octanol–water partition coefficient (Wildman–Crippen LogP) is 2.01. The van der Waals surface area contributed by atoms with E-state index >= 15 is 0 Å². The maximum absolute atomic E-state index is 12.4. The van der Waals surface area contributed by atoms with Gasteiger partial charge in [-0.2, -0.15) is 15.0 Å². The van der Waals surface area contributed by atoms with E-state index in [0.717, 1.165) is 11.3 Å². The summed E-state index contributed by atoms with van der Waals surface area (Å²) >= 11 is 0. The van der Waals surface area contributed by atoms with Crippen molar-refractivity contribution >= 4 is 11.7 Å². The first-order valence-electron chi connectivity index (χ1n) is 7.83. The zero-order chi connectivity index (χ0) is 17.9. The van der Waals surface area contributed by atoms with E-state index in [0.29, 0.717) is 17.5 Å². The molecule has 0 saturated carbocycles. The van der Waals surface area contributed by atoms with Gasteiger partial charge in [-0.1, -0.05) is 18.2 Å². The second-order valence-corrected chi connectivity index (χ2v) is 5.48. The molecule has 0 radical (unpaired) electrons. The topological polar surface area (TPSA) is 114 Å². The van der Waals surface area contributed by atoms with Crippen molar-refractivity contribution in [3.63, 3.8) is 0 Å². The molecule has 0 aliphatic rings. The quantitative estimate of drug-likeness (QED) is 0.584. The van der Waals surface area contributed by atoms with Crippen molar-refractivity contribution in [1.29, 1.82) is 0 Å². The summed E-state index contributed by atoms with van der Waals surface area (Å²) < 4.78 is 0. The first-order valence-corrected chi connectivity index (χ1v) is 7.83. The number of H-pyrrole nitrogens is 1. The lowest BCUT2D eigenvalue weighted by molar-refractivity contribution is 0.102. The Bertz CT molecular complexity index is 1050. The van der Waals surface area contributed by atoms with Crippen LogP contribution in [0.4, 0.5) is 5.82 Å². The Kier molecular flexibility index (Phi) is 3.94. The van der Waals surface area contributed by atoms with Gasteiger partial charge in [0.25, 0.3) is 5.91 Å². The first kappa shape index (κ1) is 15.6. The number of hydrogen-bond acceptors (Lipinski definition) is 6. The van der Waals surface area contributed by atoms with E-state index in [9.17, 15) is 4.79 Å². The number of aromatic amines is 1. The predicted molar refractivity (Wildman–Crippen MR) is 93.7 cm³/mol. The summed E-state index contributed by atoms with van der Waals surface area (Å²) in [6.45, 7) is 1.82. The van der Waals surface area contributed by atoms with E-state index in [-0.39, 0.29) is 5.69 Å². The first-order chi connectivity index (χ1) is 12.7. The largest absolute Gasteiger partial charge is 0.305 e. The normalized spacial score (nSPS) is 10.7. The van der Waals surface area contributed by atoms with Crippen LogP contribution in [0.5, 0.6) is 0 Å². The van der Waals surface area contributed by atoms with Crippen molar-refractivity contribution in [3.8, 4) is 17.1 Å². The molecule has 3 aromatic heterocycles. The molecule has 0 unspecified atom stereocenters. The van der Waals surface area contributed by atoms with Crippen molar-refractivity contribution < 1.29 is 4.79 Å². The van der Waals surface area contributed by atoms with E-state index in [1.807, 2.05) is 37.3 Å². The maximum atomic E-state index is 12.4. The molecule has 0 bridgehead atoms. The van der Waals surface area contributed by atoms with E-state index in [2.05, 4.69) is 35.7 Å². The van der Waals surface area contributed by atoms with Gasteiger partial charge in [-0.25, -0.2) is 9.97 Å². The number of benzene rings is 1. The summed E-state index contributed by atoms with van der Waals surface area (Å²) in [4.78, 5) is 22.2. The van der Waals surface area contributed by atoms with Crippen molar-refractivity contribution in [2.75, 3.05) is 5.32 Å². The summed E-state index contributed by atoms with van der Waals surface area (Å²) in [5.74, 6) is 1.22. The van der Waals surface area contributed by atoms with Gasteiger partial charge < -0.3 is 5.32 Å². The molecule has 9 heteroatoms. The molecular formula is C17H14N8O. The van der Waals surface area contributed by atoms with Crippen LogP contribution in [0, 0.1) is 6.92 Å². The monoisotopic (exact) mass is 346 g/mol. The number of rotatable bonds is 4. The number of para-hydroxylation sites is 1. The Morgan fingerprint density at radius 1 is 1.19 bits per heavy atom. The molecule has 0 saturated heterocycles. The average molecular weight is 346 g/mol. The van der Waals surface area contributed by atoms with Gasteiger partial charge >= 0.3 is 0 Å². The van der Waals surface area contributed by atoms with Crippen LogP contribution >= 0.6 is 0 Å². The van der Waals surface area contributed by atoms with Crippen LogP contribution < -0.4 is 5.32 Å². The number of hydrogen-bond donors (Lipinski definition) is 2. The zero-order valence-corrected chi connectivity index (χ0v) is 13.8. The third-order valence-electron chi connectivity index (χ3n) is 3.57. The fourth-order valence-corrected chi connectivity index (χ4v) is 2.34. The lowest BCUT2D eigenvalue weighted by Crippen LogP contribution is -2.14. The molecule has 1 aromatic carbocycles. The van der Waals surface area contributed by atoms with Crippen molar-refractivity contribution in [3.05, 3.63) is 66.4 Å².